The predicted molar refractivity (Wildman–Crippen MR) is 145 cm³/mol. The van der Waals surface area contributed by atoms with Gasteiger partial charge in [-0.1, -0.05) is 44.5 Å². The molecular formula is C29H30ClN3O3. The molecule has 1 atom stereocenters. The minimum Gasteiger partial charge on any atom is -0.497 e. The number of amides is 1. The van der Waals surface area contributed by atoms with E-state index in [0.29, 0.717) is 38.8 Å². The standard InChI is InChI=1S/C29H30ClN3O3/c1-18(32(5)27(34)19-7-9-20(10-8-19)29(2,3)4)26-31-25-17-21(30)11-16-24(25)28(35)33(26)22-12-14-23(36-6)15-13-22/h7-18H,1-6H3. The first kappa shape index (κ1) is 25.5. The van der Waals surface area contributed by atoms with Crippen molar-refractivity contribution in [3.63, 3.8) is 0 Å². The van der Waals surface area contributed by atoms with Crippen molar-refractivity contribution in [2.24, 2.45) is 0 Å². The van der Waals surface area contributed by atoms with E-state index < -0.39 is 6.04 Å². The number of hydrogen-bond acceptors (Lipinski definition) is 4. The quantitative estimate of drug-likeness (QED) is 0.326. The molecule has 1 heterocycles. The second-order valence-electron chi connectivity index (χ2n) is 9.89. The predicted octanol–water partition coefficient (Wildman–Crippen LogP) is 6.18. The fourth-order valence-corrected chi connectivity index (χ4v) is 4.27. The molecular weight excluding hydrogens is 474 g/mol. The van der Waals surface area contributed by atoms with E-state index in [1.807, 2.05) is 31.2 Å². The smallest absolute Gasteiger partial charge is 0.266 e. The lowest BCUT2D eigenvalue weighted by molar-refractivity contribution is 0.0735. The van der Waals surface area contributed by atoms with E-state index in [2.05, 4.69) is 20.8 Å². The van der Waals surface area contributed by atoms with Gasteiger partial charge in [0.1, 0.15) is 11.6 Å². The Labute approximate surface area is 216 Å². The van der Waals surface area contributed by atoms with Gasteiger partial charge in [-0.2, -0.15) is 0 Å². The number of hydrogen-bond donors (Lipinski definition) is 0. The first-order chi connectivity index (χ1) is 17.0. The zero-order chi connectivity index (χ0) is 26.2. The van der Waals surface area contributed by atoms with E-state index in [1.165, 1.54) is 0 Å². The highest BCUT2D eigenvalue weighted by atomic mass is 35.5. The number of rotatable bonds is 5. The molecule has 3 aromatic carbocycles. The summed E-state index contributed by atoms with van der Waals surface area (Å²) in [5.74, 6) is 0.944. The lowest BCUT2D eigenvalue weighted by Gasteiger charge is -2.27. The van der Waals surface area contributed by atoms with Crippen LogP contribution in [-0.4, -0.2) is 34.5 Å². The van der Waals surface area contributed by atoms with E-state index in [9.17, 15) is 9.59 Å². The fraction of sp³-hybridized carbons (Fsp3) is 0.276. The molecule has 1 amide bonds. The first-order valence-corrected chi connectivity index (χ1v) is 12.1. The summed E-state index contributed by atoms with van der Waals surface area (Å²) in [7, 11) is 3.31. The van der Waals surface area contributed by atoms with Gasteiger partial charge in [0.2, 0.25) is 0 Å². The number of ether oxygens (including phenoxy) is 1. The number of fused-ring (bicyclic) bond motifs is 1. The average Bonchev–Trinajstić information content (AvgIpc) is 2.86. The van der Waals surface area contributed by atoms with Crippen molar-refractivity contribution < 1.29 is 9.53 Å². The molecule has 0 radical (unpaired) electrons. The van der Waals surface area contributed by atoms with Gasteiger partial charge in [-0.25, -0.2) is 4.98 Å². The molecule has 0 spiro atoms. The zero-order valence-corrected chi connectivity index (χ0v) is 22.1. The van der Waals surface area contributed by atoms with Crippen molar-refractivity contribution in [1.82, 2.24) is 14.5 Å². The Morgan fingerprint density at radius 1 is 1.03 bits per heavy atom. The van der Waals surface area contributed by atoms with Gasteiger partial charge in [-0.15, -0.1) is 0 Å². The van der Waals surface area contributed by atoms with Crippen LogP contribution in [0.15, 0.2) is 71.5 Å². The molecule has 0 aliphatic heterocycles. The summed E-state index contributed by atoms with van der Waals surface area (Å²) < 4.78 is 6.82. The Balaban J connectivity index is 1.81. The number of carbonyl (C=O) groups excluding carboxylic acids is 1. The molecule has 0 N–H and O–H groups in total. The van der Waals surface area contributed by atoms with Gasteiger partial charge < -0.3 is 9.64 Å². The van der Waals surface area contributed by atoms with Crippen LogP contribution in [0.2, 0.25) is 5.02 Å². The summed E-state index contributed by atoms with van der Waals surface area (Å²) in [6, 6.07) is 19.3. The minimum atomic E-state index is -0.516. The molecule has 4 rings (SSSR count). The third-order valence-electron chi connectivity index (χ3n) is 6.46. The van der Waals surface area contributed by atoms with E-state index >= 15 is 0 Å². The normalized spacial score (nSPS) is 12.4. The van der Waals surface area contributed by atoms with Gasteiger partial charge in [0.05, 0.1) is 29.7 Å². The molecule has 1 aromatic heterocycles. The number of methoxy groups -OCH3 is 1. The molecule has 0 fully saturated rings. The Kier molecular flexibility index (Phi) is 6.92. The van der Waals surface area contributed by atoms with Crippen molar-refractivity contribution in [2.45, 2.75) is 39.2 Å². The summed E-state index contributed by atoms with van der Waals surface area (Å²) in [4.78, 5) is 33.5. The van der Waals surface area contributed by atoms with Gasteiger partial charge in [0, 0.05) is 17.6 Å². The first-order valence-electron chi connectivity index (χ1n) is 11.8. The van der Waals surface area contributed by atoms with Crippen LogP contribution in [0.1, 0.15) is 55.5 Å². The lowest BCUT2D eigenvalue weighted by atomic mass is 9.86. The number of benzene rings is 3. The Morgan fingerprint density at radius 2 is 1.67 bits per heavy atom. The molecule has 186 valence electrons. The van der Waals surface area contributed by atoms with Crippen molar-refractivity contribution in [3.8, 4) is 11.4 Å². The molecule has 6 nitrogen and oxygen atoms in total. The average molecular weight is 504 g/mol. The highest BCUT2D eigenvalue weighted by molar-refractivity contribution is 6.31. The Bertz CT molecular complexity index is 1470. The zero-order valence-electron chi connectivity index (χ0n) is 21.4. The van der Waals surface area contributed by atoms with Crippen molar-refractivity contribution in [1.29, 1.82) is 0 Å². The molecule has 4 aromatic rings. The third-order valence-corrected chi connectivity index (χ3v) is 6.70. The number of halogens is 1. The summed E-state index contributed by atoms with van der Waals surface area (Å²) in [5.41, 5.74) is 2.58. The second-order valence-corrected chi connectivity index (χ2v) is 10.3. The maximum Gasteiger partial charge on any atom is 0.266 e. The summed E-state index contributed by atoms with van der Waals surface area (Å²) in [6.45, 7) is 8.26. The molecule has 0 saturated heterocycles. The molecule has 0 bridgehead atoms. The van der Waals surface area contributed by atoms with Crippen LogP contribution < -0.4 is 10.3 Å². The Morgan fingerprint density at radius 3 is 2.25 bits per heavy atom. The second kappa shape index (κ2) is 9.78. The summed E-state index contributed by atoms with van der Waals surface area (Å²) in [5, 5.41) is 0.927. The number of carbonyl (C=O) groups is 1. The van der Waals surface area contributed by atoms with E-state index in [0.717, 1.165) is 5.56 Å². The maximum absolute atomic E-state index is 13.7. The van der Waals surface area contributed by atoms with Crippen LogP contribution in [-0.2, 0) is 5.41 Å². The van der Waals surface area contributed by atoms with Gasteiger partial charge >= 0.3 is 0 Å². The van der Waals surface area contributed by atoms with Gasteiger partial charge in [-0.3, -0.25) is 14.2 Å². The van der Waals surface area contributed by atoms with Crippen LogP contribution >= 0.6 is 11.6 Å². The highest BCUT2D eigenvalue weighted by Gasteiger charge is 2.25. The van der Waals surface area contributed by atoms with Crippen LogP contribution in [0, 0.1) is 0 Å². The molecule has 0 aliphatic carbocycles. The van der Waals surface area contributed by atoms with E-state index in [-0.39, 0.29) is 16.9 Å². The number of aromatic nitrogens is 2. The van der Waals surface area contributed by atoms with E-state index in [1.54, 1.807) is 66.1 Å². The minimum absolute atomic E-state index is 0.00844. The van der Waals surface area contributed by atoms with Crippen LogP contribution in [0.5, 0.6) is 5.75 Å². The van der Waals surface area contributed by atoms with E-state index in [4.69, 9.17) is 21.3 Å². The highest BCUT2D eigenvalue weighted by Crippen LogP contribution is 2.27. The van der Waals surface area contributed by atoms with Crippen LogP contribution in [0.3, 0.4) is 0 Å². The fourth-order valence-electron chi connectivity index (χ4n) is 4.10. The number of nitrogens with zero attached hydrogens (tertiary/aromatic N) is 3. The maximum atomic E-state index is 13.7. The third kappa shape index (κ3) is 4.86. The lowest BCUT2D eigenvalue weighted by Crippen LogP contribution is -2.35. The molecule has 1 unspecified atom stereocenters. The molecule has 7 heteroatoms. The summed E-state index contributed by atoms with van der Waals surface area (Å²) >= 11 is 6.20. The van der Waals surface area contributed by atoms with Crippen molar-refractivity contribution >= 4 is 28.4 Å². The van der Waals surface area contributed by atoms with Gasteiger partial charge in [0.15, 0.2) is 0 Å². The van der Waals surface area contributed by atoms with Crippen molar-refractivity contribution in [3.05, 3.63) is 99.1 Å². The van der Waals surface area contributed by atoms with Crippen LogP contribution in [0.25, 0.3) is 16.6 Å². The molecule has 0 saturated carbocycles. The largest absolute Gasteiger partial charge is 0.497 e. The SMILES string of the molecule is COc1ccc(-n2c(C(C)N(C)C(=O)c3ccc(C(C)(C)C)cc3)nc3cc(Cl)ccc3c2=O)cc1. The summed E-state index contributed by atoms with van der Waals surface area (Å²) in [6.07, 6.45) is 0. The van der Waals surface area contributed by atoms with Crippen molar-refractivity contribution in [2.75, 3.05) is 14.2 Å². The topological polar surface area (TPSA) is 64.4 Å². The molecule has 36 heavy (non-hydrogen) atoms. The van der Waals surface area contributed by atoms with Gasteiger partial charge in [-0.05, 0) is 72.5 Å². The Hall–Kier alpha value is -3.64. The van der Waals surface area contributed by atoms with Crippen LogP contribution in [0.4, 0.5) is 0 Å². The monoisotopic (exact) mass is 503 g/mol. The van der Waals surface area contributed by atoms with Gasteiger partial charge in [0.25, 0.3) is 11.5 Å². The molecule has 0 aliphatic rings.